The van der Waals surface area contributed by atoms with Crippen LogP contribution in [0.5, 0.6) is 0 Å². The van der Waals surface area contributed by atoms with E-state index in [4.69, 9.17) is 4.74 Å². The number of nitrogens with one attached hydrogen (secondary N) is 2. The van der Waals surface area contributed by atoms with E-state index in [2.05, 4.69) is 20.6 Å². The zero-order valence-corrected chi connectivity index (χ0v) is 14.5. The first-order valence-corrected chi connectivity index (χ1v) is 8.10. The molecule has 0 atom stereocenters. The lowest BCUT2D eigenvalue weighted by Gasteiger charge is -2.08. The largest absolute Gasteiger partial charge is 0.465 e. The van der Waals surface area contributed by atoms with E-state index >= 15 is 0 Å². The molecule has 0 saturated carbocycles. The van der Waals surface area contributed by atoms with Gasteiger partial charge in [0, 0.05) is 20.0 Å². The summed E-state index contributed by atoms with van der Waals surface area (Å²) in [7, 11) is 2.98. The molecule has 1 amide bonds. The van der Waals surface area contributed by atoms with Crippen molar-refractivity contribution in [2.75, 3.05) is 26.0 Å². The molecule has 23 heavy (non-hydrogen) atoms. The first kappa shape index (κ1) is 17.1. The molecule has 2 aromatic rings. The second kappa shape index (κ2) is 7.36. The van der Waals surface area contributed by atoms with Crippen LogP contribution in [-0.2, 0) is 9.53 Å². The molecule has 0 fully saturated rings. The summed E-state index contributed by atoms with van der Waals surface area (Å²) in [4.78, 5) is 33.2. The third kappa shape index (κ3) is 3.76. The van der Waals surface area contributed by atoms with Gasteiger partial charge in [-0.3, -0.25) is 4.79 Å². The Balaban J connectivity index is 2.26. The average Bonchev–Trinajstić information content (AvgIpc) is 2.86. The van der Waals surface area contributed by atoms with E-state index in [-0.39, 0.29) is 11.9 Å². The average molecular weight is 336 g/mol. The van der Waals surface area contributed by atoms with Crippen LogP contribution in [0.2, 0.25) is 0 Å². The molecule has 2 heterocycles. The highest BCUT2D eigenvalue weighted by molar-refractivity contribution is 7.20. The van der Waals surface area contributed by atoms with Crippen LogP contribution in [0.25, 0.3) is 10.2 Å². The van der Waals surface area contributed by atoms with Crippen LogP contribution >= 0.6 is 11.3 Å². The molecular formula is C15H20N4O3S. The fourth-order valence-corrected chi connectivity index (χ4v) is 3.39. The number of hydrogen-bond donors (Lipinski definition) is 2. The van der Waals surface area contributed by atoms with Gasteiger partial charge in [0.2, 0.25) is 5.91 Å². The number of anilines is 1. The van der Waals surface area contributed by atoms with E-state index in [1.807, 2.05) is 13.8 Å². The maximum atomic E-state index is 11.8. The van der Waals surface area contributed by atoms with Gasteiger partial charge in [-0.05, 0) is 25.8 Å². The van der Waals surface area contributed by atoms with Crippen LogP contribution in [0.4, 0.5) is 5.82 Å². The number of methoxy groups -OCH3 is 1. The SMILES string of the molecule is CNC(=O)CCCNc1nc(C)nc2sc(C(=O)OC)c(C)c12. The molecule has 2 aromatic heterocycles. The molecule has 7 nitrogen and oxygen atoms in total. The summed E-state index contributed by atoms with van der Waals surface area (Å²) >= 11 is 1.30. The lowest BCUT2D eigenvalue weighted by atomic mass is 10.2. The molecule has 0 aliphatic carbocycles. The molecule has 0 aliphatic rings. The number of rotatable bonds is 6. The summed E-state index contributed by atoms with van der Waals surface area (Å²) in [5, 5.41) is 6.67. The van der Waals surface area contributed by atoms with Crippen molar-refractivity contribution in [2.24, 2.45) is 0 Å². The lowest BCUT2D eigenvalue weighted by Crippen LogP contribution is -2.18. The molecule has 0 saturated heterocycles. The Bertz CT molecular complexity index is 742. The molecule has 2 N–H and O–H groups in total. The standard InChI is InChI=1S/C15H20N4O3S/c1-8-11-13(17-7-5-6-10(20)16-3)18-9(2)19-14(11)23-12(8)15(21)22-4/h5-7H2,1-4H3,(H,16,20)(H,17,18,19). The molecule has 0 unspecified atom stereocenters. The number of fused-ring (bicyclic) bond motifs is 1. The maximum absolute atomic E-state index is 11.8. The van der Waals surface area contributed by atoms with Gasteiger partial charge in [-0.25, -0.2) is 14.8 Å². The first-order valence-electron chi connectivity index (χ1n) is 7.28. The van der Waals surface area contributed by atoms with Crippen molar-refractivity contribution in [3.63, 3.8) is 0 Å². The predicted molar refractivity (Wildman–Crippen MR) is 90.0 cm³/mol. The molecule has 0 bridgehead atoms. The minimum atomic E-state index is -0.367. The number of nitrogens with zero attached hydrogens (tertiary/aromatic N) is 2. The summed E-state index contributed by atoms with van der Waals surface area (Å²) in [5.41, 5.74) is 0.811. The molecule has 124 valence electrons. The first-order chi connectivity index (χ1) is 11.0. The van der Waals surface area contributed by atoms with Gasteiger partial charge in [0.15, 0.2) is 0 Å². The number of esters is 1. The Hall–Kier alpha value is -2.22. The van der Waals surface area contributed by atoms with Gasteiger partial charge in [-0.15, -0.1) is 11.3 Å². The Kier molecular flexibility index (Phi) is 5.49. The number of carbonyl (C=O) groups excluding carboxylic acids is 2. The van der Waals surface area contributed by atoms with Gasteiger partial charge in [0.1, 0.15) is 21.3 Å². The van der Waals surface area contributed by atoms with Crippen molar-refractivity contribution in [3.8, 4) is 0 Å². The predicted octanol–water partition coefficient (Wildman–Crippen LogP) is 2.03. The Morgan fingerprint density at radius 2 is 2.00 bits per heavy atom. The lowest BCUT2D eigenvalue weighted by molar-refractivity contribution is -0.120. The van der Waals surface area contributed by atoms with E-state index in [1.165, 1.54) is 18.4 Å². The zero-order valence-electron chi connectivity index (χ0n) is 13.6. The van der Waals surface area contributed by atoms with Crippen LogP contribution in [0.3, 0.4) is 0 Å². The minimum Gasteiger partial charge on any atom is -0.465 e. The third-order valence-electron chi connectivity index (χ3n) is 3.42. The zero-order chi connectivity index (χ0) is 17.0. The fraction of sp³-hybridized carbons (Fsp3) is 0.467. The highest BCUT2D eigenvalue weighted by atomic mass is 32.1. The van der Waals surface area contributed by atoms with Crippen molar-refractivity contribution in [2.45, 2.75) is 26.7 Å². The van der Waals surface area contributed by atoms with E-state index in [0.29, 0.717) is 35.9 Å². The van der Waals surface area contributed by atoms with E-state index in [0.717, 1.165) is 15.8 Å². The Labute approximate surface area is 138 Å². The monoisotopic (exact) mass is 336 g/mol. The van der Waals surface area contributed by atoms with Crippen LogP contribution in [0.15, 0.2) is 0 Å². The molecule has 2 rings (SSSR count). The van der Waals surface area contributed by atoms with Gasteiger partial charge in [-0.1, -0.05) is 0 Å². The number of thiophene rings is 1. The number of amides is 1. The smallest absolute Gasteiger partial charge is 0.348 e. The number of ether oxygens (including phenoxy) is 1. The quantitative estimate of drug-likeness (QED) is 0.619. The summed E-state index contributed by atoms with van der Waals surface area (Å²) in [6.45, 7) is 4.28. The maximum Gasteiger partial charge on any atom is 0.348 e. The topological polar surface area (TPSA) is 93.2 Å². The summed E-state index contributed by atoms with van der Waals surface area (Å²) in [5.74, 6) is 0.960. The highest BCUT2D eigenvalue weighted by Crippen LogP contribution is 2.34. The molecule has 0 radical (unpaired) electrons. The number of aromatic nitrogens is 2. The van der Waals surface area contributed by atoms with Gasteiger partial charge >= 0.3 is 5.97 Å². The van der Waals surface area contributed by atoms with Gasteiger partial charge in [-0.2, -0.15) is 0 Å². The van der Waals surface area contributed by atoms with Gasteiger partial charge in [0.05, 0.1) is 12.5 Å². The second-order valence-electron chi connectivity index (χ2n) is 5.05. The van der Waals surface area contributed by atoms with Crippen LogP contribution in [0, 0.1) is 13.8 Å². The number of aryl methyl sites for hydroxylation is 2. The normalized spacial score (nSPS) is 10.6. The van der Waals surface area contributed by atoms with Gasteiger partial charge < -0.3 is 15.4 Å². The summed E-state index contributed by atoms with van der Waals surface area (Å²) in [6.07, 6.45) is 1.14. The van der Waals surface area contributed by atoms with Crippen LogP contribution in [-0.4, -0.2) is 42.5 Å². The van der Waals surface area contributed by atoms with E-state index in [1.54, 1.807) is 7.05 Å². The van der Waals surface area contributed by atoms with E-state index in [9.17, 15) is 9.59 Å². The molecule has 8 heteroatoms. The van der Waals surface area contributed by atoms with Crippen molar-refractivity contribution in [1.82, 2.24) is 15.3 Å². The minimum absolute atomic E-state index is 0.00973. The molecule has 0 aliphatic heterocycles. The third-order valence-corrected chi connectivity index (χ3v) is 4.59. The van der Waals surface area contributed by atoms with E-state index < -0.39 is 0 Å². The van der Waals surface area contributed by atoms with Gasteiger partial charge in [0.25, 0.3) is 0 Å². The van der Waals surface area contributed by atoms with Crippen LogP contribution in [0.1, 0.15) is 33.9 Å². The van der Waals surface area contributed by atoms with Crippen molar-refractivity contribution in [1.29, 1.82) is 0 Å². The van der Waals surface area contributed by atoms with Crippen molar-refractivity contribution < 1.29 is 14.3 Å². The molecular weight excluding hydrogens is 316 g/mol. The van der Waals surface area contributed by atoms with Crippen LogP contribution < -0.4 is 10.6 Å². The second-order valence-corrected chi connectivity index (χ2v) is 6.05. The molecule has 0 spiro atoms. The highest BCUT2D eigenvalue weighted by Gasteiger charge is 2.20. The fourth-order valence-electron chi connectivity index (χ4n) is 2.24. The Morgan fingerprint density at radius 1 is 1.26 bits per heavy atom. The molecule has 0 aromatic carbocycles. The Morgan fingerprint density at radius 3 is 2.65 bits per heavy atom. The number of hydrogen-bond acceptors (Lipinski definition) is 7. The van der Waals surface area contributed by atoms with Crippen molar-refractivity contribution >= 4 is 39.2 Å². The summed E-state index contributed by atoms with van der Waals surface area (Å²) < 4.78 is 4.81. The number of carbonyl (C=O) groups is 2. The summed E-state index contributed by atoms with van der Waals surface area (Å²) in [6, 6.07) is 0. The van der Waals surface area contributed by atoms with Crippen molar-refractivity contribution in [3.05, 3.63) is 16.3 Å².